The molecule has 1 amide bonds. The summed E-state index contributed by atoms with van der Waals surface area (Å²) in [6, 6.07) is 3.47. The third-order valence-electron chi connectivity index (χ3n) is 2.46. The minimum atomic E-state index is -0.341. The number of carbonyl (C=O) groups excluding carboxylic acids is 2. The van der Waals surface area contributed by atoms with Gasteiger partial charge in [-0.1, -0.05) is 0 Å². The van der Waals surface area contributed by atoms with Gasteiger partial charge in [0.05, 0.1) is 20.1 Å². The Kier molecular flexibility index (Phi) is 2.75. The molecule has 2 heterocycles. The minimum Gasteiger partial charge on any atom is -0.495 e. The molecule has 1 aromatic heterocycles. The summed E-state index contributed by atoms with van der Waals surface area (Å²) in [4.78, 5) is 27.9. The Hall–Kier alpha value is -2.42. The van der Waals surface area contributed by atoms with Crippen LogP contribution in [0, 0.1) is 11.3 Å². The van der Waals surface area contributed by atoms with E-state index in [9.17, 15) is 9.59 Å². The molecule has 0 saturated carbocycles. The number of ketones is 1. The van der Waals surface area contributed by atoms with Crippen molar-refractivity contribution in [2.45, 2.75) is 6.42 Å². The van der Waals surface area contributed by atoms with Gasteiger partial charge in [-0.15, -0.1) is 0 Å². The number of hydrogen-bond acceptors (Lipinski definition) is 5. The van der Waals surface area contributed by atoms with Crippen LogP contribution in [-0.4, -0.2) is 30.3 Å². The van der Waals surface area contributed by atoms with Crippen molar-refractivity contribution < 1.29 is 14.3 Å². The zero-order chi connectivity index (χ0) is 12.4. The third-order valence-corrected chi connectivity index (χ3v) is 2.46. The maximum Gasteiger partial charge on any atom is 0.236 e. The highest BCUT2D eigenvalue weighted by Crippen LogP contribution is 2.28. The first kappa shape index (κ1) is 11.1. The smallest absolute Gasteiger partial charge is 0.236 e. The van der Waals surface area contributed by atoms with Crippen LogP contribution in [0.5, 0.6) is 5.75 Å². The molecule has 2 rings (SSSR count). The first-order valence-corrected chi connectivity index (χ1v) is 4.92. The summed E-state index contributed by atoms with van der Waals surface area (Å²) in [5.74, 6) is 0.00288. The van der Waals surface area contributed by atoms with Gasteiger partial charge in [-0.05, 0) is 6.07 Å². The van der Waals surface area contributed by atoms with E-state index in [0.717, 1.165) is 0 Å². The van der Waals surface area contributed by atoms with E-state index < -0.39 is 0 Å². The zero-order valence-electron chi connectivity index (χ0n) is 9.14. The Morgan fingerprint density at radius 1 is 1.53 bits per heavy atom. The van der Waals surface area contributed by atoms with E-state index in [1.807, 2.05) is 6.07 Å². The third kappa shape index (κ3) is 1.83. The fourth-order valence-corrected chi connectivity index (χ4v) is 1.69. The van der Waals surface area contributed by atoms with Crippen molar-refractivity contribution in [3.05, 3.63) is 17.8 Å². The molecule has 0 spiro atoms. The molecule has 0 unspecified atom stereocenters. The Morgan fingerprint density at radius 3 is 2.82 bits per heavy atom. The van der Waals surface area contributed by atoms with Crippen molar-refractivity contribution >= 4 is 17.5 Å². The summed E-state index contributed by atoms with van der Waals surface area (Å²) in [6.45, 7) is -0.0340. The molecule has 6 nitrogen and oxygen atoms in total. The fraction of sp³-hybridized carbons (Fsp3) is 0.273. The highest BCUT2D eigenvalue weighted by Gasteiger charge is 2.31. The molecular weight excluding hydrogens is 222 g/mol. The predicted octanol–water partition coefficient (Wildman–Crippen LogP) is 0.268. The average molecular weight is 231 g/mol. The number of Topliss-reactive ketones (excluding diaryl/α,β-unsaturated/α-hetero) is 1. The minimum absolute atomic E-state index is 0.0340. The van der Waals surface area contributed by atoms with Gasteiger partial charge < -0.3 is 4.74 Å². The number of rotatable bonds is 2. The lowest BCUT2D eigenvalue weighted by molar-refractivity contribution is -0.121. The lowest BCUT2D eigenvalue weighted by Gasteiger charge is -2.15. The van der Waals surface area contributed by atoms with Crippen LogP contribution in [-0.2, 0) is 9.59 Å². The van der Waals surface area contributed by atoms with Crippen LogP contribution in [0.3, 0.4) is 0 Å². The number of nitrogens with zero attached hydrogens (tertiary/aromatic N) is 3. The van der Waals surface area contributed by atoms with Crippen LogP contribution < -0.4 is 9.64 Å². The van der Waals surface area contributed by atoms with Gasteiger partial charge in [0, 0.05) is 6.20 Å². The number of nitriles is 1. The average Bonchev–Trinajstić information content (AvgIpc) is 2.67. The summed E-state index contributed by atoms with van der Waals surface area (Å²) < 4.78 is 5.01. The van der Waals surface area contributed by atoms with Crippen molar-refractivity contribution in [3.8, 4) is 11.8 Å². The molecule has 1 saturated heterocycles. The summed E-state index contributed by atoms with van der Waals surface area (Å²) in [7, 11) is 1.43. The summed E-state index contributed by atoms with van der Waals surface area (Å²) >= 11 is 0. The van der Waals surface area contributed by atoms with E-state index in [-0.39, 0.29) is 36.0 Å². The molecule has 86 valence electrons. The van der Waals surface area contributed by atoms with Crippen LogP contribution in [0.1, 0.15) is 12.0 Å². The first-order chi connectivity index (χ1) is 8.17. The monoisotopic (exact) mass is 231 g/mol. The standard InChI is InChI=1S/C11H9N3O3/c1-17-9-2-3-13-11(8(9)5-12)14-6-7(15)4-10(14)16/h2-3H,4,6H2,1H3. The molecule has 6 heteroatoms. The van der Waals surface area contributed by atoms with E-state index in [4.69, 9.17) is 10.00 Å². The van der Waals surface area contributed by atoms with Gasteiger partial charge in [0.2, 0.25) is 5.91 Å². The molecule has 0 aliphatic carbocycles. The Balaban J connectivity index is 2.49. The van der Waals surface area contributed by atoms with Crippen molar-refractivity contribution in [1.29, 1.82) is 5.26 Å². The number of hydrogen-bond donors (Lipinski definition) is 0. The summed E-state index contributed by atoms with van der Waals surface area (Å²) in [5, 5.41) is 9.05. The van der Waals surface area contributed by atoms with Crippen LogP contribution >= 0.6 is 0 Å². The molecule has 1 fully saturated rings. The second-order valence-corrected chi connectivity index (χ2v) is 3.52. The van der Waals surface area contributed by atoms with Crippen molar-refractivity contribution in [1.82, 2.24) is 4.98 Å². The molecule has 0 atom stereocenters. The molecule has 1 aromatic rings. The van der Waals surface area contributed by atoms with E-state index >= 15 is 0 Å². The van der Waals surface area contributed by atoms with Gasteiger partial charge in [0.15, 0.2) is 11.6 Å². The first-order valence-electron chi connectivity index (χ1n) is 4.92. The number of methoxy groups -OCH3 is 1. The van der Waals surface area contributed by atoms with Crippen molar-refractivity contribution in [2.75, 3.05) is 18.6 Å². The van der Waals surface area contributed by atoms with Gasteiger partial charge in [-0.2, -0.15) is 5.26 Å². The predicted molar refractivity (Wildman–Crippen MR) is 57.5 cm³/mol. The largest absolute Gasteiger partial charge is 0.495 e. The van der Waals surface area contributed by atoms with Gasteiger partial charge in [0.25, 0.3) is 0 Å². The molecular formula is C11H9N3O3. The van der Waals surface area contributed by atoms with Crippen LogP contribution in [0.25, 0.3) is 0 Å². The van der Waals surface area contributed by atoms with E-state index in [2.05, 4.69) is 4.98 Å². The Morgan fingerprint density at radius 2 is 2.29 bits per heavy atom. The van der Waals surface area contributed by atoms with E-state index in [1.165, 1.54) is 24.3 Å². The molecule has 1 aliphatic rings. The van der Waals surface area contributed by atoms with Gasteiger partial charge in [0.1, 0.15) is 17.4 Å². The quantitative estimate of drug-likeness (QED) is 0.682. The van der Waals surface area contributed by atoms with Crippen LogP contribution in [0.15, 0.2) is 12.3 Å². The van der Waals surface area contributed by atoms with Crippen molar-refractivity contribution in [2.24, 2.45) is 0 Å². The number of anilines is 1. The SMILES string of the molecule is COc1ccnc(N2CC(=O)CC2=O)c1C#N. The lowest BCUT2D eigenvalue weighted by Crippen LogP contribution is -2.26. The molecule has 0 radical (unpaired) electrons. The zero-order valence-corrected chi connectivity index (χ0v) is 9.14. The topological polar surface area (TPSA) is 83.3 Å². The number of amides is 1. The molecule has 0 aromatic carbocycles. The Bertz CT molecular complexity index is 533. The van der Waals surface area contributed by atoms with Crippen LogP contribution in [0.2, 0.25) is 0 Å². The summed E-state index contributed by atoms with van der Waals surface area (Å²) in [5.41, 5.74) is 0.165. The lowest BCUT2D eigenvalue weighted by atomic mass is 10.2. The van der Waals surface area contributed by atoms with Crippen molar-refractivity contribution in [3.63, 3.8) is 0 Å². The molecule has 17 heavy (non-hydrogen) atoms. The number of aromatic nitrogens is 1. The van der Waals surface area contributed by atoms with Gasteiger partial charge >= 0.3 is 0 Å². The second-order valence-electron chi connectivity index (χ2n) is 3.52. The fourth-order valence-electron chi connectivity index (χ4n) is 1.69. The highest BCUT2D eigenvalue weighted by atomic mass is 16.5. The second kappa shape index (κ2) is 4.22. The highest BCUT2D eigenvalue weighted by molar-refractivity contribution is 6.15. The molecule has 0 bridgehead atoms. The van der Waals surface area contributed by atoms with Crippen LogP contribution in [0.4, 0.5) is 5.82 Å². The van der Waals surface area contributed by atoms with Gasteiger partial charge in [-0.25, -0.2) is 4.98 Å². The normalized spacial score (nSPS) is 14.9. The Labute approximate surface area is 97.4 Å². The summed E-state index contributed by atoms with van der Waals surface area (Å²) in [6.07, 6.45) is 1.30. The maximum atomic E-state index is 11.6. The number of carbonyl (C=O) groups is 2. The molecule has 1 aliphatic heterocycles. The maximum absolute atomic E-state index is 11.6. The van der Waals surface area contributed by atoms with E-state index in [1.54, 1.807) is 0 Å². The number of ether oxygens (including phenoxy) is 1. The number of pyridine rings is 1. The van der Waals surface area contributed by atoms with E-state index in [0.29, 0.717) is 5.75 Å². The van der Waals surface area contributed by atoms with Gasteiger partial charge in [-0.3, -0.25) is 14.5 Å². The molecule has 0 N–H and O–H groups in total.